The standard InChI is InChI=1S/C25H32N8O5S/c1-8-20(22-15(3)31-38-16(22)4)33-24(18-10-9-11-21(28-18)36-6)29-30-25(33)32-39(34,35)17(5)23(37-7)19-13-26-14(2)12-27-19/h9-13,17,20,23H,8H2,1-7H3,(H,30,32)/t17?,20-,23?/m1/s1. The molecule has 3 atom stereocenters. The van der Waals surface area contributed by atoms with Crippen molar-refractivity contribution in [2.45, 2.75) is 58.4 Å². The highest BCUT2D eigenvalue weighted by Gasteiger charge is 2.35. The van der Waals surface area contributed by atoms with Gasteiger partial charge in [0, 0.05) is 24.9 Å². The molecule has 0 aliphatic carbocycles. The van der Waals surface area contributed by atoms with E-state index in [1.165, 1.54) is 27.3 Å². The number of methoxy groups -OCH3 is 2. The molecule has 13 nitrogen and oxygen atoms in total. The second-order valence-electron chi connectivity index (χ2n) is 9.04. The Bertz CT molecular complexity index is 1510. The van der Waals surface area contributed by atoms with Crippen LogP contribution < -0.4 is 9.46 Å². The molecule has 0 aliphatic heterocycles. The Balaban J connectivity index is 1.81. The number of pyridine rings is 1. The highest BCUT2D eigenvalue weighted by Crippen LogP contribution is 2.35. The van der Waals surface area contributed by atoms with Gasteiger partial charge in [0.05, 0.1) is 36.4 Å². The highest BCUT2D eigenvalue weighted by atomic mass is 32.2. The quantitative estimate of drug-likeness (QED) is 0.288. The molecular weight excluding hydrogens is 524 g/mol. The molecule has 0 amide bonds. The van der Waals surface area contributed by atoms with Crippen molar-refractivity contribution in [1.29, 1.82) is 0 Å². The number of anilines is 1. The Hall–Kier alpha value is -3.91. The minimum Gasteiger partial charge on any atom is -0.481 e. The lowest BCUT2D eigenvalue weighted by Gasteiger charge is -2.24. The first kappa shape index (κ1) is 28.1. The van der Waals surface area contributed by atoms with Crippen LogP contribution in [0.5, 0.6) is 5.88 Å². The summed E-state index contributed by atoms with van der Waals surface area (Å²) in [5, 5.41) is 11.6. The molecule has 0 fully saturated rings. The van der Waals surface area contributed by atoms with Gasteiger partial charge in [-0.05, 0) is 40.2 Å². The topological polar surface area (TPSA) is 160 Å². The maximum atomic E-state index is 13.7. The van der Waals surface area contributed by atoms with E-state index in [0.717, 1.165) is 5.56 Å². The van der Waals surface area contributed by atoms with Gasteiger partial charge < -0.3 is 14.0 Å². The Kier molecular flexibility index (Phi) is 8.25. The molecule has 39 heavy (non-hydrogen) atoms. The zero-order valence-corrected chi connectivity index (χ0v) is 23.7. The van der Waals surface area contributed by atoms with E-state index in [-0.39, 0.29) is 5.95 Å². The minimum atomic E-state index is -4.07. The molecule has 0 spiro atoms. The van der Waals surface area contributed by atoms with Gasteiger partial charge >= 0.3 is 0 Å². The van der Waals surface area contributed by atoms with Crippen molar-refractivity contribution in [2.75, 3.05) is 18.9 Å². The molecule has 2 unspecified atom stereocenters. The first-order valence-corrected chi connectivity index (χ1v) is 13.9. The van der Waals surface area contributed by atoms with E-state index in [0.29, 0.717) is 46.7 Å². The van der Waals surface area contributed by atoms with E-state index in [9.17, 15) is 8.42 Å². The summed E-state index contributed by atoms with van der Waals surface area (Å²) in [7, 11) is -1.12. The summed E-state index contributed by atoms with van der Waals surface area (Å²) < 4.78 is 48.0. The fraction of sp³-hybridized carbons (Fsp3) is 0.440. The first-order valence-electron chi connectivity index (χ1n) is 12.3. The summed E-state index contributed by atoms with van der Waals surface area (Å²) in [6.07, 6.45) is 2.75. The summed E-state index contributed by atoms with van der Waals surface area (Å²) >= 11 is 0. The lowest BCUT2D eigenvalue weighted by Crippen LogP contribution is -2.33. The second-order valence-corrected chi connectivity index (χ2v) is 11.1. The highest BCUT2D eigenvalue weighted by molar-refractivity contribution is 7.93. The van der Waals surface area contributed by atoms with Crippen molar-refractivity contribution in [3.8, 4) is 17.4 Å². The van der Waals surface area contributed by atoms with E-state index in [2.05, 4.69) is 35.0 Å². The van der Waals surface area contributed by atoms with Gasteiger partial charge in [-0.25, -0.2) is 13.4 Å². The Morgan fingerprint density at radius 1 is 1.10 bits per heavy atom. The molecule has 4 aromatic rings. The average Bonchev–Trinajstić information content (AvgIpc) is 3.48. The van der Waals surface area contributed by atoms with E-state index in [1.54, 1.807) is 35.9 Å². The lowest BCUT2D eigenvalue weighted by atomic mass is 10.0. The summed E-state index contributed by atoms with van der Waals surface area (Å²) in [4.78, 5) is 13.0. The van der Waals surface area contributed by atoms with Crippen LogP contribution in [0.2, 0.25) is 0 Å². The van der Waals surface area contributed by atoms with Gasteiger partial charge in [-0.1, -0.05) is 18.1 Å². The van der Waals surface area contributed by atoms with Crippen molar-refractivity contribution in [1.82, 2.24) is 34.9 Å². The number of aryl methyl sites for hydroxylation is 3. The van der Waals surface area contributed by atoms with Crippen molar-refractivity contribution in [3.05, 3.63) is 59.0 Å². The zero-order chi connectivity index (χ0) is 28.3. The summed E-state index contributed by atoms with van der Waals surface area (Å²) in [5.74, 6) is 1.35. The predicted octanol–water partition coefficient (Wildman–Crippen LogP) is 3.57. The number of hydrogen-bond donors (Lipinski definition) is 1. The molecular formula is C25H32N8O5S. The largest absolute Gasteiger partial charge is 0.481 e. The van der Waals surface area contributed by atoms with Gasteiger partial charge in [0.1, 0.15) is 22.8 Å². The molecule has 0 aliphatic rings. The van der Waals surface area contributed by atoms with Gasteiger partial charge in [-0.15, -0.1) is 10.2 Å². The van der Waals surface area contributed by atoms with Crippen LogP contribution in [0, 0.1) is 20.8 Å². The van der Waals surface area contributed by atoms with E-state index < -0.39 is 27.4 Å². The molecule has 4 aromatic heterocycles. The Morgan fingerprint density at radius 2 is 1.87 bits per heavy atom. The third-order valence-corrected chi connectivity index (χ3v) is 8.17. The third kappa shape index (κ3) is 5.61. The van der Waals surface area contributed by atoms with E-state index >= 15 is 0 Å². The van der Waals surface area contributed by atoms with Crippen molar-refractivity contribution in [3.63, 3.8) is 0 Å². The molecule has 4 heterocycles. The van der Waals surface area contributed by atoms with E-state index in [1.807, 2.05) is 20.8 Å². The normalized spacial score (nSPS) is 14.1. The lowest BCUT2D eigenvalue weighted by molar-refractivity contribution is 0.0985. The molecule has 0 saturated carbocycles. The molecule has 0 saturated heterocycles. The number of nitrogens with zero attached hydrogens (tertiary/aromatic N) is 7. The fourth-order valence-corrected chi connectivity index (χ4v) is 5.61. The number of sulfonamides is 1. The third-order valence-electron chi connectivity index (χ3n) is 6.47. The molecule has 0 aromatic carbocycles. The maximum absolute atomic E-state index is 13.7. The van der Waals surface area contributed by atoms with Crippen LogP contribution >= 0.6 is 0 Å². The molecule has 208 valence electrons. The van der Waals surface area contributed by atoms with Crippen molar-refractivity contribution in [2.24, 2.45) is 0 Å². The second kappa shape index (κ2) is 11.5. The molecule has 4 rings (SSSR count). The van der Waals surface area contributed by atoms with Crippen LogP contribution in [0.25, 0.3) is 11.5 Å². The maximum Gasteiger partial charge on any atom is 0.240 e. The number of rotatable bonds is 11. The first-order chi connectivity index (χ1) is 18.6. The van der Waals surface area contributed by atoms with Gasteiger partial charge in [0.25, 0.3) is 0 Å². The molecule has 1 N–H and O–H groups in total. The molecule has 14 heteroatoms. The summed E-state index contributed by atoms with van der Waals surface area (Å²) in [5.41, 5.74) is 3.04. The monoisotopic (exact) mass is 556 g/mol. The summed E-state index contributed by atoms with van der Waals surface area (Å²) in [6.45, 7) is 8.95. The number of hydrogen-bond acceptors (Lipinski definition) is 11. The van der Waals surface area contributed by atoms with Gasteiger partial charge in [-0.3, -0.25) is 19.3 Å². The fourth-order valence-electron chi connectivity index (χ4n) is 4.45. The van der Waals surface area contributed by atoms with Crippen LogP contribution in [-0.4, -0.2) is 62.8 Å². The molecule has 0 bridgehead atoms. The van der Waals surface area contributed by atoms with Crippen molar-refractivity contribution < 1.29 is 22.4 Å². The average molecular weight is 557 g/mol. The van der Waals surface area contributed by atoms with Crippen LogP contribution in [0.1, 0.15) is 60.8 Å². The Morgan fingerprint density at radius 3 is 2.46 bits per heavy atom. The summed E-state index contributed by atoms with van der Waals surface area (Å²) in [6, 6.07) is 4.82. The number of aromatic nitrogens is 7. The number of nitrogens with one attached hydrogen (secondary N) is 1. The van der Waals surface area contributed by atoms with Crippen LogP contribution in [0.4, 0.5) is 5.95 Å². The zero-order valence-electron chi connectivity index (χ0n) is 22.9. The van der Waals surface area contributed by atoms with Crippen LogP contribution in [-0.2, 0) is 14.8 Å². The van der Waals surface area contributed by atoms with Crippen LogP contribution in [0.15, 0.2) is 35.1 Å². The Labute approximate surface area is 227 Å². The predicted molar refractivity (Wildman–Crippen MR) is 143 cm³/mol. The van der Waals surface area contributed by atoms with Gasteiger partial charge in [-0.2, -0.15) is 0 Å². The SMILES string of the molecule is CC[C@H](c1c(C)noc1C)n1c(NS(=O)(=O)C(C)C(OC)c2cnc(C)cn2)nnc1-c1cccc(OC)n1. The minimum absolute atomic E-state index is 0.0122. The van der Waals surface area contributed by atoms with Crippen LogP contribution in [0.3, 0.4) is 0 Å². The van der Waals surface area contributed by atoms with Gasteiger partial charge in [0.2, 0.25) is 21.9 Å². The number of ether oxygens (including phenoxy) is 2. The smallest absolute Gasteiger partial charge is 0.240 e. The van der Waals surface area contributed by atoms with Gasteiger partial charge in [0.15, 0.2) is 5.82 Å². The van der Waals surface area contributed by atoms with E-state index in [4.69, 9.17) is 14.0 Å². The molecule has 0 radical (unpaired) electrons. The van der Waals surface area contributed by atoms with Crippen molar-refractivity contribution >= 4 is 16.0 Å².